The zero-order chi connectivity index (χ0) is 40.3. The fourth-order valence-corrected chi connectivity index (χ4v) is 11.2. The lowest BCUT2D eigenvalue weighted by Crippen LogP contribution is -2.65. The van der Waals surface area contributed by atoms with Crippen molar-refractivity contribution < 1.29 is 38.0 Å². The average molecular weight is 789 g/mol. The minimum Gasteiger partial charge on any atom is -0.449 e. The molecule has 57 heavy (non-hydrogen) atoms. The first-order valence-electron chi connectivity index (χ1n) is 22.0. The van der Waals surface area contributed by atoms with Gasteiger partial charge in [0, 0.05) is 19.5 Å². The summed E-state index contributed by atoms with van der Waals surface area (Å²) in [4.78, 5) is 59.8. The predicted octanol–water partition coefficient (Wildman–Crippen LogP) is 6.77. The molecule has 13 heteroatoms. The molecular formula is C44H65BN4O8. The van der Waals surface area contributed by atoms with Gasteiger partial charge in [0.25, 0.3) is 0 Å². The van der Waals surface area contributed by atoms with Crippen LogP contribution in [0.15, 0.2) is 24.3 Å². The quantitative estimate of drug-likeness (QED) is 0.248. The lowest BCUT2D eigenvalue weighted by Gasteiger charge is -2.64. The highest BCUT2D eigenvalue weighted by Crippen LogP contribution is 2.66. The molecule has 2 N–H and O–H groups in total. The molecule has 12 nitrogen and oxygen atoms in total. The van der Waals surface area contributed by atoms with Crippen LogP contribution >= 0.6 is 0 Å². The molecule has 312 valence electrons. The lowest BCUT2D eigenvalue weighted by atomic mass is 9.43. The molecule has 9 rings (SSSR count). The number of rotatable bonds is 10. The predicted molar refractivity (Wildman–Crippen MR) is 214 cm³/mol. The van der Waals surface area contributed by atoms with Crippen molar-refractivity contribution in [2.45, 2.75) is 168 Å². The third-order valence-electron chi connectivity index (χ3n) is 14.9. The van der Waals surface area contributed by atoms with Gasteiger partial charge in [-0.25, -0.2) is 9.59 Å². The normalized spacial score (nSPS) is 31.7. The Kier molecular flexibility index (Phi) is 11.1. The van der Waals surface area contributed by atoms with Gasteiger partial charge in [-0.2, -0.15) is 0 Å². The second-order valence-electron chi connectivity index (χ2n) is 20.5. The Hall–Kier alpha value is -3.32. The van der Waals surface area contributed by atoms with Crippen LogP contribution in [0, 0.1) is 34.5 Å². The highest BCUT2D eigenvalue weighted by Gasteiger charge is 2.68. The summed E-state index contributed by atoms with van der Waals surface area (Å²) in [5.41, 5.74) is 1.68. The number of likely N-dealkylation sites (tertiary alicyclic amines) is 1. The summed E-state index contributed by atoms with van der Waals surface area (Å²) in [6.07, 6.45) is 9.06. The van der Waals surface area contributed by atoms with E-state index < -0.39 is 49.0 Å². The van der Waals surface area contributed by atoms with E-state index in [2.05, 4.69) is 31.4 Å². The summed E-state index contributed by atoms with van der Waals surface area (Å²) < 4.78 is 25.4. The molecule has 8 atom stereocenters. The Morgan fingerprint density at radius 2 is 1.63 bits per heavy atom. The lowest BCUT2D eigenvalue weighted by molar-refractivity contribution is -0.199. The molecule has 1 aromatic carbocycles. The molecular weight excluding hydrogens is 723 g/mol. The van der Waals surface area contributed by atoms with Crippen molar-refractivity contribution in [2.24, 2.45) is 34.5 Å². The van der Waals surface area contributed by atoms with E-state index in [1.807, 2.05) is 45.0 Å². The molecule has 3 aliphatic heterocycles. The summed E-state index contributed by atoms with van der Waals surface area (Å²) in [5.74, 6) is 0.300. The van der Waals surface area contributed by atoms with Gasteiger partial charge in [-0.15, -0.1) is 0 Å². The Morgan fingerprint density at radius 1 is 0.930 bits per heavy atom. The standard InChI is InChI=1S/C44H65BN4O8/c1-42(2,3)26-54-40(52)47-37(28-15-8-7-9-16-28)39(51)49-25-32(55-41(53)48-23-29-17-10-11-18-30(29)24-48)22-33(49)38(50)46-36(19-27-13-12-14-27)45-56-35-21-31-20-34(43(31,4)5)44(35,6)57-45/h10-11,17-18,27-28,31-37H,7-9,12-16,19-26H2,1-6H3,(H,46,50)(H,47,52)/t31?,32-,33+,34-,35?,36+,37+,44+/m1/s1. The number of carbonyl (C=O) groups is 4. The van der Waals surface area contributed by atoms with Crippen molar-refractivity contribution >= 4 is 31.1 Å². The summed E-state index contributed by atoms with van der Waals surface area (Å²) >= 11 is 0. The highest BCUT2D eigenvalue weighted by molar-refractivity contribution is 6.48. The number of fused-ring (bicyclic) bond motifs is 1. The Balaban J connectivity index is 1.02. The van der Waals surface area contributed by atoms with E-state index in [9.17, 15) is 19.2 Å². The van der Waals surface area contributed by atoms with E-state index in [1.165, 1.54) is 6.42 Å². The number of carbonyl (C=O) groups excluding carboxylic acids is 4. The summed E-state index contributed by atoms with van der Waals surface area (Å²) in [5, 5.41) is 6.29. The average Bonchev–Trinajstić information content (AvgIpc) is 3.88. The number of ether oxygens (including phenoxy) is 2. The van der Waals surface area contributed by atoms with E-state index in [0.717, 1.165) is 75.3 Å². The Labute approximate surface area is 339 Å². The van der Waals surface area contributed by atoms with Crippen LogP contribution in [0.1, 0.15) is 130 Å². The van der Waals surface area contributed by atoms with Gasteiger partial charge in [0.2, 0.25) is 11.8 Å². The molecule has 1 aromatic rings. The number of nitrogens with one attached hydrogen (secondary N) is 2. The first kappa shape index (κ1) is 40.5. The van der Waals surface area contributed by atoms with Gasteiger partial charge in [-0.3, -0.25) is 14.5 Å². The van der Waals surface area contributed by atoms with Crippen molar-refractivity contribution in [3.8, 4) is 0 Å². The SMILES string of the molecule is CC(C)(C)COC(=O)N[C@H](C(=O)N1C[C@H](OC(=O)N2Cc3ccccc3C2)C[C@H]1C(=O)N[C@@H](CC1CCC1)B1OC2CC3C[C@H](C3(C)C)[C@]2(C)O1)C1CCCCC1. The molecule has 5 aliphatic carbocycles. The van der Waals surface area contributed by atoms with Crippen molar-refractivity contribution in [3.05, 3.63) is 35.4 Å². The molecule has 0 spiro atoms. The number of alkyl carbamates (subject to hydrolysis) is 1. The molecule has 5 saturated carbocycles. The van der Waals surface area contributed by atoms with Gasteiger partial charge < -0.3 is 34.3 Å². The number of benzene rings is 1. The van der Waals surface area contributed by atoms with Gasteiger partial charge in [-0.1, -0.05) is 97.4 Å². The van der Waals surface area contributed by atoms with Crippen LogP contribution < -0.4 is 10.6 Å². The maximum atomic E-state index is 14.9. The monoisotopic (exact) mass is 788 g/mol. The van der Waals surface area contributed by atoms with E-state index in [1.54, 1.807) is 9.80 Å². The number of nitrogens with zero attached hydrogens (tertiary/aromatic N) is 2. The Morgan fingerprint density at radius 3 is 2.26 bits per heavy atom. The summed E-state index contributed by atoms with van der Waals surface area (Å²) in [7, 11) is -0.593. The van der Waals surface area contributed by atoms with Crippen LogP contribution in [0.25, 0.3) is 0 Å². The van der Waals surface area contributed by atoms with Crippen LogP contribution in [-0.2, 0) is 41.5 Å². The van der Waals surface area contributed by atoms with Crippen molar-refractivity contribution in [1.29, 1.82) is 0 Å². The molecule has 8 aliphatic rings. The second kappa shape index (κ2) is 15.7. The maximum absolute atomic E-state index is 14.9. The van der Waals surface area contributed by atoms with Gasteiger partial charge in [0.15, 0.2) is 0 Å². The Bertz CT molecular complexity index is 1670. The van der Waals surface area contributed by atoms with Gasteiger partial charge in [0.05, 0.1) is 30.8 Å². The van der Waals surface area contributed by atoms with Crippen molar-refractivity contribution in [2.75, 3.05) is 13.2 Å². The van der Waals surface area contributed by atoms with Gasteiger partial charge in [-0.05, 0) is 84.7 Å². The maximum Gasteiger partial charge on any atom is 0.481 e. The largest absolute Gasteiger partial charge is 0.481 e. The molecule has 3 heterocycles. The van der Waals surface area contributed by atoms with Crippen LogP contribution in [0.4, 0.5) is 9.59 Å². The zero-order valence-electron chi connectivity index (χ0n) is 35.1. The minimum atomic E-state index is -0.917. The van der Waals surface area contributed by atoms with Crippen LogP contribution in [0.2, 0.25) is 0 Å². The van der Waals surface area contributed by atoms with Crippen LogP contribution in [0.3, 0.4) is 0 Å². The highest BCUT2D eigenvalue weighted by atomic mass is 16.7. The van der Waals surface area contributed by atoms with Crippen LogP contribution in [0.5, 0.6) is 0 Å². The third kappa shape index (κ3) is 8.17. The minimum absolute atomic E-state index is 0.0227. The number of hydrogen-bond acceptors (Lipinski definition) is 8. The van der Waals surface area contributed by atoms with Crippen molar-refractivity contribution in [1.82, 2.24) is 20.4 Å². The third-order valence-corrected chi connectivity index (χ3v) is 14.9. The summed E-state index contributed by atoms with van der Waals surface area (Å²) in [6.45, 7) is 14.0. The summed E-state index contributed by atoms with van der Waals surface area (Å²) in [6, 6.07) is 6.16. The smallest absolute Gasteiger partial charge is 0.449 e. The number of amides is 4. The van der Waals surface area contributed by atoms with Gasteiger partial charge in [0.1, 0.15) is 18.2 Å². The van der Waals surface area contributed by atoms with Crippen molar-refractivity contribution in [3.63, 3.8) is 0 Å². The van der Waals surface area contributed by atoms with Gasteiger partial charge >= 0.3 is 19.3 Å². The fourth-order valence-electron chi connectivity index (χ4n) is 11.2. The molecule has 2 saturated heterocycles. The zero-order valence-corrected chi connectivity index (χ0v) is 35.1. The van der Waals surface area contributed by atoms with E-state index >= 15 is 0 Å². The van der Waals surface area contributed by atoms with Crippen LogP contribution in [-0.4, -0.2) is 89.9 Å². The first-order valence-corrected chi connectivity index (χ1v) is 22.0. The fraction of sp³-hybridized carbons (Fsp3) is 0.773. The topological polar surface area (TPSA) is 136 Å². The molecule has 0 radical (unpaired) electrons. The molecule has 7 fully saturated rings. The molecule has 0 aromatic heterocycles. The van der Waals surface area contributed by atoms with E-state index in [-0.39, 0.29) is 54.2 Å². The molecule has 2 bridgehead atoms. The van der Waals surface area contributed by atoms with E-state index in [4.69, 9.17) is 18.8 Å². The van der Waals surface area contributed by atoms with E-state index in [0.29, 0.717) is 30.8 Å². The molecule has 2 unspecified atom stereocenters. The molecule has 4 amide bonds. The first-order chi connectivity index (χ1) is 27.1. The second-order valence-corrected chi connectivity index (χ2v) is 20.5. The number of hydrogen-bond donors (Lipinski definition) is 2.